The Morgan fingerprint density at radius 2 is 2.12 bits per heavy atom. The van der Waals surface area contributed by atoms with Gasteiger partial charge in [-0.3, -0.25) is 4.79 Å². The Bertz CT molecular complexity index is 811. The number of benzene rings is 1. The summed E-state index contributed by atoms with van der Waals surface area (Å²) in [6.45, 7) is 0.907. The van der Waals surface area contributed by atoms with E-state index in [4.69, 9.17) is 33.0 Å². The molecule has 1 aromatic heterocycles. The monoisotopic (exact) mass is 384 g/mol. The van der Waals surface area contributed by atoms with Crippen molar-refractivity contribution in [2.75, 3.05) is 13.1 Å². The van der Waals surface area contributed by atoms with Gasteiger partial charge in [-0.1, -0.05) is 28.4 Å². The quantitative estimate of drug-likeness (QED) is 0.845. The van der Waals surface area contributed by atoms with E-state index in [1.165, 1.54) is 10.9 Å². The van der Waals surface area contributed by atoms with Gasteiger partial charge < -0.3 is 14.7 Å². The molecular weight excluding hydrogens is 371 g/mol. The van der Waals surface area contributed by atoms with E-state index in [1.54, 1.807) is 23.1 Å². The third-order valence-corrected chi connectivity index (χ3v) is 4.49. The van der Waals surface area contributed by atoms with Gasteiger partial charge >= 0.3 is 5.97 Å². The average Bonchev–Trinajstić information content (AvgIpc) is 3.20. The number of rotatable bonds is 5. The van der Waals surface area contributed by atoms with Gasteiger partial charge in [-0.15, -0.1) is 5.10 Å². The zero-order chi connectivity index (χ0) is 18.0. The number of hydrogen-bond donors (Lipinski definition) is 1. The van der Waals surface area contributed by atoms with E-state index in [0.717, 1.165) is 0 Å². The maximum atomic E-state index is 12.3. The van der Waals surface area contributed by atoms with Crippen molar-refractivity contribution < 1.29 is 19.4 Å². The van der Waals surface area contributed by atoms with Crippen LogP contribution in [0.25, 0.3) is 0 Å². The fraction of sp³-hybridized carbons (Fsp3) is 0.333. The standard InChI is InChI=1S/C15H14Cl2N4O4/c16-11-2-1-9(5-12(11)17)25-10-3-4-20(6-10)14(22)8-21-7-13(15(23)24)18-19-21/h1-2,5,7,10H,3-4,6,8H2,(H,23,24). The van der Waals surface area contributed by atoms with Gasteiger partial charge in [0, 0.05) is 19.0 Å². The third kappa shape index (κ3) is 4.21. The topological polar surface area (TPSA) is 97.5 Å². The normalized spacial score (nSPS) is 16.9. The van der Waals surface area contributed by atoms with Gasteiger partial charge in [0.25, 0.3) is 0 Å². The Hall–Kier alpha value is -2.32. The molecule has 0 radical (unpaired) electrons. The highest BCUT2D eigenvalue weighted by molar-refractivity contribution is 6.42. The van der Waals surface area contributed by atoms with Crippen molar-refractivity contribution in [1.29, 1.82) is 0 Å². The molecule has 2 heterocycles. The molecule has 0 bridgehead atoms. The number of carboxylic acids is 1. The number of carbonyl (C=O) groups is 2. The molecule has 1 unspecified atom stereocenters. The van der Waals surface area contributed by atoms with E-state index in [0.29, 0.717) is 35.3 Å². The minimum Gasteiger partial charge on any atom is -0.488 e. The smallest absolute Gasteiger partial charge is 0.358 e. The molecule has 1 fully saturated rings. The van der Waals surface area contributed by atoms with Gasteiger partial charge in [0.15, 0.2) is 5.69 Å². The molecule has 3 rings (SSSR count). The van der Waals surface area contributed by atoms with Crippen molar-refractivity contribution in [3.8, 4) is 5.75 Å². The number of hydrogen-bond acceptors (Lipinski definition) is 5. The number of amides is 1. The lowest BCUT2D eigenvalue weighted by atomic mass is 10.3. The number of nitrogens with zero attached hydrogens (tertiary/aromatic N) is 4. The molecular formula is C15H14Cl2N4O4. The zero-order valence-corrected chi connectivity index (χ0v) is 14.4. The van der Waals surface area contributed by atoms with Crippen LogP contribution in [-0.2, 0) is 11.3 Å². The fourth-order valence-corrected chi connectivity index (χ4v) is 2.79. The van der Waals surface area contributed by atoms with Gasteiger partial charge in [0.2, 0.25) is 5.91 Å². The minimum atomic E-state index is -1.19. The summed E-state index contributed by atoms with van der Waals surface area (Å²) in [6, 6.07) is 5.01. The summed E-state index contributed by atoms with van der Waals surface area (Å²) < 4.78 is 7.04. The van der Waals surface area contributed by atoms with Crippen molar-refractivity contribution in [2.24, 2.45) is 0 Å². The maximum absolute atomic E-state index is 12.3. The number of carboxylic acid groups (broad SMARTS) is 1. The van der Waals surface area contributed by atoms with Crippen LogP contribution in [0.15, 0.2) is 24.4 Å². The van der Waals surface area contributed by atoms with Crippen molar-refractivity contribution in [3.05, 3.63) is 40.1 Å². The summed E-state index contributed by atoms with van der Waals surface area (Å²) in [5.41, 5.74) is -0.199. The molecule has 25 heavy (non-hydrogen) atoms. The molecule has 1 saturated heterocycles. The third-order valence-electron chi connectivity index (χ3n) is 3.75. The molecule has 132 valence electrons. The Morgan fingerprint density at radius 3 is 2.80 bits per heavy atom. The van der Waals surface area contributed by atoms with Crippen LogP contribution >= 0.6 is 23.2 Å². The molecule has 1 N–H and O–H groups in total. The van der Waals surface area contributed by atoms with Crippen molar-refractivity contribution in [1.82, 2.24) is 19.9 Å². The Morgan fingerprint density at radius 1 is 1.32 bits per heavy atom. The van der Waals surface area contributed by atoms with Crippen LogP contribution in [-0.4, -0.2) is 56.1 Å². The second kappa shape index (κ2) is 7.28. The second-order valence-electron chi connectivity index (χ2n) is 5.55. The van der Waals surface area contributed by atoms with Crippen molar-refractivity contribution >= 4 is 35.1 Å². The first kappa shape index (κ1) is 17.5. The van der Waals surface area contributed by atoms with Crippen LogP contribution in [0.4, 0.5) is 0 Å². The molecule has 10 heteroatoms. The number of halogens is 2. The van der Waals surface area contributed by atoms with Gasteiger partial charge in [-0.2, -0.15) is 0 Å². The Balaban J connectivity index is 1.55. The van der Waals surface area contributed by atoms with Crippen LogP contribution in [0.1, 0.15) is 16.9 Å². The molecule has 0 spiro atoms. The summed E-state index contributed by atoms with van der Waals surface area (Å²) in [5.74, 6) is -0.770. The Kier molecular flexibility index (Phi) is 5.10. The highest BCUT2D eigenvalue weighted by Gasteiger charge is 2.28. The SMILES string of the molecule is O=C(O)c1cn(CC(=O)N2CCC(Oc3ccc(Cl)c(Cl)c3)C2)nn1. The van der Waals surface area contributed by atoms with Crippen LogP contribution in [0.5, 0.6) is 5.75 Å². The molecule has 2 aromatic rings. The van der Waals surface area contributed by atoms with Gasteiger partial charge in [-0.25, -0.2) is 9.48 Å². The minimum absolute atomic E-state index is 0.0697. The first-order valence-electron chi connectivity index (χ1n) is 7.45. The number of carbonyl (C=O) groups excluding carboxylic acids is 1. The summed E-state index contributed by atoms with van der Waals surface area (Å²) in [6.07, 6.45) is 1.76. The predicted octanol–water partition coefficient (Wildman–Crippen LogP) is 1.96. The lowest BCUT2D eigenvalue weighted by Crippen LogP contribution is -2.33. The molecule has 1 atom stereocenters. The van der Waals surface area contributed by atoms with Crippen LogP contribution in [0.3, 0.4) is 0 Å². The lowest BCUT2D eigenvalue weighted by molar-refractivity contribution is -0.131. The van der Waals surface area contributed by atoms with Gasteiger partial charge in [-0.05, 0) is 12.1 Å². The highest BCUT2D eigenvalue weighted by Crippen LogP contribution is 2.28. The first-order chi connectivity index (χ1) is 11.9. The largest absolute Gasteiger partial charge is 0.488 e. The summed E-state index contributed by atoms with van der Waals surface area (Å²) in [5, 5.41) is 16.8. The predicted molar refractivity (Wildman–Crippen MR) is 89.1 cm³/mol. The van der Waals surface area contributed by atoms with E-state index < -0.39 is 5.97 Å². The lowest BCUT2D eigenvalue weighted by Gasteiger charge is -2.17. The first-order valence-corrected chi connectivity index (χ1v) is 8.21. The van der Waals surface area contributed by atoms with Gasteiger partial charge in [0.1, 0.15) is 18.4 Å². The van der Waals surface area contributed by atoms with Crippen LogP contribution in [0.2, 0.25) is 10.0 Å². The van der Waals surface area contributed by atoms with Crippen molar-refractivity contribution in [3.63, 3.8) is 0 Å². The highest BCUT2D eigenvalue weighted by atomic mass is 35.5. The molecule has 1 aliphatic rings. The number of ether oxygens (including phenoxy) is 1. The van der Waals surface area contributed by atoms with Crippen molar-refractivity contribution in [2.45, 2.75) is 19.1 Å². The summed E-state index contributed by atoms with van der Waals surface area (Å²) in [4.78, 5) is 24.7. The van der Waals surface area contributed by atoms with E-state index >= 15 is 0 Å². The fourth-order valence-electron chi connectivity index (χ4n) is 2.51. The molecule has 8 nitrogen and oxygen atoms in total. The number of likely N-dealkylation sites (tertiary alicyclic amines) is 1. The maximum Gasteiger partial charge on any atom is 0.358 e. The van der Waals surface area contributed by atoms with Gasteiger partial charge in [0.05, 0.1) is 22.8 Å². The molecule has 0 saturated carbocycles. The number of aromatic nitrogens is 3. The second-order valence-corrected chi connectivity index (χ2v) is 6.37. The molecule has 1 aromatic carbocycles. The Labute approximate surface area is 152 Å². The van der Waals surface area contributed by atoms with Crippen LogP contribution in [0, 0.1) is 0 Å². The van der Waals surface area contributed by atoms with E-state index in [-0.39, 0.29) is 24.2 Å². The van der Waals surface area contributed by atoms with Crippen LogP contribution < -0.4 is 4.74 Å². The molecule has 1 aliphatic heterocycles. The van der Waals surface area contributed by atoms with E-state index in [2.05, 4.69) is 10.3 Å². The average molecular weight is 385 g/mol. The van der Waals surface area contributed by atoms with E-state index in [1.807, 2.05) is 0 Å². The summed E-state index contributed by atoms with van der Waals surface area (Å²) in [7, 11) is 0. The summed E-state index contributed by atoms with van der Waals surface area (Å²) >= 11 is 11.8. The zero-order valence-electron chi connectivity index (χ0n) is 12.9. The van der Waals surface area contributed by atoms with E-state index in [9.17, 15) is 9.59 Å². The number of aromatic carboxylic acids is 1. The molecule has 0 aliphatic carbocycles. The molecule has 1 amide bonds.